The van der Waals surface area contributed by atoms with E-state index in [4.69, 9.17) is 45.5 Å². The van der Waals surface area contributed by atoms with Gasteiger partial charge in [0.05, 0.1) is 39.6 Å². The predicted octanol–water partition coefficient (Wildman–Crippen LogP) is -4.37. The maximum atomic E-state index is 12.4. The Kier molecular flexibility index (Phi) is 35.6. The van der Waals surface area contributed by atoms with Crippen molar-refractivity contribution in [2.24, 2.45) is 11.6 Å². The summed E-state index contributed by atoms with van der Waals surface area (Å²) >= 11 is 0. The molecule has 0 bridgehead atoms. The van der Waals surface area contributed by atoms with E-state index in [-0.39, 0.29) is 96.7 Å². The fourth-order valence-corrected chi connectivity index (χ4v) is 4.33. The molecule has 0 aliphatic rings. The first kappa shape index (κ1) is 55.0. The normalized spacial score (nSPS) is 12.0. The smallest absolute Gasteiger partial charge is 0.326 e. The third-order valence-corrected chi connectivity index (χ3v) is 7.28. The number of rotatable bonds is 36. The summed E-state index contributed by atoms with van der Waals surface area (Å²) in [5.41, 5.74) is 7.51. The second-order valence-electron chi connectivity index (χ2n) is 11.9. The summed E-state index contributed by atoms with van der Waals surface area (Å²) in [7, 11) is 0. The highest BCUT2D eigenvalue weighted by atomic mass is 16.5. The lowest BCUT2D eigenvalue weighted by molar-refractivity contribution is -0.144. The molecule has 1 unspecified atom stereocenters. The molecule has 0 saturated carbocycles. The molecule has 5 amide bonds. The number of ether oxygens (including phenoxy) is 4. The van der Waals surface area contributed by atoms with Gasteiger partial charge in [-0.3, -0.25) is 39.4 Å². The summed E-state index contributed by atoms with van der Waals surface area (Å²) in [5.74, 6) is -1.28. The summed E-state index contributed by atoms with van der Waals surface area (Å²) in [4.78, 5) is 102. The van der Waals surface area contributed by atoms with Crippen molar-refractivity contribution < 1.29 is 82.5 Å². The number of hydrogen-bond donors (Lipinski definition) is 12. The highest BCUT2D eigenvalue weighted by Crippen LogP contribution is 2.04. The molecule has 0 aromatic carbocycles. The number of carbonyl (C=O) groups is 9. The first-order valence-electron chi connectivity index (χ1n) is 18.3. The van der Waals surface area contributed by atoms with Gasteiger partial charge in [0.1, 0.15) is 31.3 Å². The number of amides is 5. The van der Waals surface area contributed by atoms with Gasteiger partial charge in [0.2, 0.25) is 29.5 Å². The minimum absolute atomic E-state index is 0.0175. The number of carboxylic acid groups (broad SMARTS) is 4. The van der Waals surface area contributed by atoms with Crippen molar-refractivity contribution in [3.8, 4) is 0 Å². The fourth-order valence-electron chi connectivity index (χ4n) is 4.33. The molecule has 0 fully saturated rings. The van der Waals surface area contributed by atoms with Crippen LogP contribution in [0.25, 0.3) is 0 Å². The van der Waals surface area contributed by atoms with Crippen molar-refractivity contribution in [2.75, 3.05) is 79.0 Å². The number of nitrogens with one attached hydrogen (secondary N) is 6. The first-order chi connectivity index (χ1) is 27.7. The molecular formula is C33H60N8O17. The molecule has 0 spiro atoms. The molecule has 0 aromatic rings. The van der Waals surface area contributed by atoms with Gasteiger partial charge in [-0.1, -0.05) is 0 Å². The van der Waals surface area contributed by atoms with Gasteiger partial charge in [-0.15, -0.1) is 0 Å². The van der Waals surface area contributed by atoms with Crippen LogP contribution in [-0.4, -0.2) is 172 Å². The zero-order valence-electron chi connectivity index (χ0n) is 32.4. The van der Waals surface area contributed by atoms with Crippen LogP contribution in [0.15, 0.2) is 0 Å². The number of unbranched alkanes of at least 4 members (excludes halogenated alkanes) is 1. The Morgan fingerprint density at radius 1 is 0.517 bits per heavy atom. The van der Waals surface area contributed by atoms with Crippen LogP contribution in [0.2, 0.25) is 0 Å². The van der Waals surface area contributed by atoms with E-state index >= 15 is 0 Å². The standard InChI is InChI=1S/C32H58N8O15.CH2O2/c33-10-3-5-25(41)36-12-14-52-16-18-54-20-28(44)37-13-15-53-17-19-55-21-29(45)39-23(31(48)49)7-9-27(43)38-22(30(46)47)6-8-26(42)35-11-2-1-4-24(40-34)32(50)51;2-1-3/h22-24,40H,1-21,33-34H2,(H,35,42)(H,36,41)(H,37,44)(H,38,43)(H,39,45)(H,46,47)(H,48,49)(H,50,51);1H,(H,2,3)/t22?,23-,24-;/m0./s1. The Labute approximate surface area is 334 Å². The lowest BCUT2D eigenvalue weighted by Crippen LogP contribution is -2.45. The average molecular weight is 841 g/mol. The van der Waals surface area contributed by atoms with Crippen LogP contribution in [0.1, 0.15) is 57.8 Å². The van der Waals surface area contributed by atoms with Crippen LogP contribution < -0.4 is 43.6 Å². The van der Waals surface area contributed by atoms with E-state index in [1.54, 1.807) is 0 Å². The number of carbonyl (C=O) groups excluding carboxylic acids is 5. The number of nitrogens with two attached hydrogens (primary N) is 2. The van der Waals surface area contributed by atoms with E-state index in [0.29, 0.717) is 45.4 Å². The molecule has 14 N–H and O–H groups in total. The van der Waals surface area contributed by atoms with Crippen LogP contribution in [0.4, 0.5) is 0 Å². The molecule has 0 saturated heterocycles. The third-order valence-electron chi connectivity index (χ3n) is 7.28. The number of hydrazine groups is 1. The molecule has 0 aliphatic carbocycles. The molecule has 25 nitrogen and oxygen atoms in total. The van der Waals surface area contributed by atoms with Crippen LogP contribution >= 0.6 is 0 Å². The van der Waals surface area contributed by atoms with Gasteiger partial charge < -0.3 is 71.7 Å². The van der Waals surface area contributed by atoms with E-state index in [2.05, 4.69) is 32.0 Å². The molecule has 0 aromatic heterocycles. The minimum atomic E-state index is -1.47. The van der Waals surface area contributed by atoms with Crippen LogP contribution in [0.3, 0.4) is 0 Å². The van der Waals surface area contributed by atoms with E-state index in [1.807, 2.05) is 0 Å². The fraction of sp³-hybridized carbons (Fsp3) is 0.727. The lowest BCUT2D eigenvalue weighted by Gasteiger charge is -2.17. The highest BCUT2D eigenvalue weighted by molar-refractivity contribution is 5.86. The van der Waals surface area contributed by atoms with Crippen molar-refractivity contribution >= 4 is 53.9 Å². The molecule has 25 heteroatoms. The van der Waals surface area contributed by atoms with Gasteiger partial charge in [-0.2, -0.15) is 0 Å². The molecule has 334 valence electrons. The average Bonchev–Trinajstić information content (AvgIpc) is 3.17. The van der Waals surface area contributed by atoms with Gasteiger partial charge in [0.25, 0.3) is 6.47 Å². The number of aliphatic carboxylic acids is 3. The summed E-state index contributed by atoms with van der Waals surface area (Å²) in [5, 5.41) is 47.0. The van der Waals surface area contributed by atoms with Crippen molar-refractivity contribution in [1.29, 1.82) is 0 Å². The molecule has 0 aliphatic heterocycles. The predicted molar refractivity (Wildman–Crippen MR) is 199 cm³/mol. The van der Waals surface area contributed by atoms with Gasteiger partial charge >= 0.3 is 17.9 Å². The zero-order valence-corrected chi connectivity index (χ0v) is 32.4. The van der Waals surface area contributed by atoms with Gasteiger partial charge in [0.15, 0.2) is 0 Å². The Morgan fingerprint density at radius 2 is 0.948 bits per heavy atom. The van der Waals surface area contributed by atoms with E-state index in [0.717, 1.165) is 0 Å². The summed E-state index contributed by atoms with van der Waals surface area (Å²) in [6.07, 6.45) is 0.880. The monoisotopic (exact) mass is 840 g/mol. The summed E-state index contributed by atoms with van der Waals surface area (Å²) < 4.78 is 21.0. The van der Waals surface area contributed by atoms with Crippen LogP contribution in [-0.2, 0) is 62.1 Å². The number of hydrogen-bond acceptors (Lipinski definition) is 16. The van der Waals surface area contributed by atoms with Gasteiger partial charge in [-0.05, 0) is 45.1 Å². The van der Waals surface area contributed by atoms with Crippen LogP contribution in [0, 0.1) is 0 Å². The Bertz CT molecular complexity index is 1230. The molecule has 0 rings (SSSR count). The SMILES string of the molecule is NCCCC(=O)NCCOCCOCC(=O)NCCOCCOCC(=O)N[C@@H](CCC(=O)NC(CCC(=O)NCCCC[C@H](NN)C(=O)O)C(=O)O)C(=O)O.O=CO. The van der Waals surface area contributed by atoms with E-state index in [1.165, 1.54) is 0 Å². The third kappa shape index (κ3) is 34.2. The van der Waals surface area contributed by atoms with Gasteiger partial charge in [-0.25, -0.2) is 15.0 Å². The van der Waals surface area contributed by atoms with Crippen molar-refractivity contribution in [2.45, 2.75) is 75.9 Å². The Balaban J connectivity index is 0. The first-order valence-corrected chi connectivity index (χ1v) is 18.3. The minimum Gasteiger partial charge on any atom is -0.483 e. The largest absolute Gasteiger partial charge is 0.483 e. The lowest BCUT2D eigenvalue weighted by atomic mass is 10.1. The molecule has 0 radical (unpaired) electrons. The zero-order chi connectivity index (χ0) is 44.0. The summed E-state index contributed by atoms with van der Waals surface area (Å²) in [6.45, 7) is 1.24. The van der Waals surface area contributed by atoms with Crippen molar-refractivity contribution in [3.63, 3.8) is 0 Å². The molecule has 3 atom stereocenters. The quantitative estimate of drug-likeness (QED) is 0.0123. The highest BCUT2D eigenvalue weighted by Gasteiger charge is 2.24. The van der Waals surface area contributed by atoms with Crippen LogP contribution in [0.5, 0.6) is 0 Å². The van der Waals surface area contributed by atoms with Crippen molar-refractivity contribution in [3.05, 3.63) is 0 Å². The second kappa shape index (κ2) is 37.5. The topological polar surface area (TPSA) is 396 Å². The van der Waals surface area contributed by atoms with Gasteiger partial charge in [0, 0.05) is 38.9 Å². The van der Waals surface area contributed by atoms with E-state index in [9.17, 15) is 48.6 Å². The molecular weight excluding hydrogens is 780 g/mol. The number of carboxylic acids is 3. The summed E-state index contributed by atoms with van der Waals surface area (Å²) in [6, 6.07) is -3.81. The second-order valence-corrected chi connectivity index (χ2v) is 11.9. The molecule has 58 heavy (non-hydrogen) atoms. The maximum Gasteiger partial charge on any atom is 0.326 e. The van der Waals surface area contributed by atoms with E-state index < -0.39 is 66.8 Å². The van der Waals surface area contributed by atoms with Crippen molar-refractivity contribution in [1.82, 2.24) is 32.0 Å². The Hall–Kier alpha value is -5.05. The Morgan fingerprint density at radius 3 is 1.45 bits per heavy atom. The molecule has 0 heterocycles. The maximum absolute atomic E-state index is 12.4.